The number of nitrogens with two attached hydrogens (primary N) is 1. The van der Waals surface area contributed by atoms with Crippen LogP contribution >= 0.6 is 15.9 Å². The van der Waals surface area contributed by atoms with Crippen LogP contribution in [0.3, 0.4) is 0 Å². The number of fused-ring (bicyclic) bond motifs is 1. The fourth-order valence-corrected chi connectivity index (χ4v) is 3.37. The molecule has 2 nitrogen and oxygen atoms in total. The maximum Gasteiger partial charge on any atom is 0.0410 e. The molecule has 0 saturated heterocycles. The van der Waals surface area contributed by atoms with Crippen LogP contribution in [0.15, 0.2) is 47.2 Å². The van der Waals surface area contributed by atoms with Crippen molar-refractivity contribution in [3.63, 3.8) is 0 Å². The first-order valence-corrected chi connectivity index (χ1v) is 7.46. The second kappa shape index (κ2) is 5.43. The monoisotopic (exact) mass is 316 g/mol. The highest BCUT2D eigenvalue weighted by Gasteiger charge is 2.26. The predicted octanol–water partition coefficient (Wildman–Crippen LogP) is 3.65. The van der Waals surface area contributed by atoms with E-state index in [1.807, 2.05) is 12.4 Å². The molecule has 3 heteroatoms. The Bertz CT molecular complexity index is 582. The summed E-state index contributed by atoms with van der Waals surface area (Å²) in [7, 11) is 0. The lowest BCUT2D eigenvalue weighted by molar-refractivity contribution is 0.376. The Morgan fingerprint density at radius 1 is 1.26 bits per heavy atom. The summed E-state index contributed by atoms with van der Waals surface area (Å²) in [4.78, 5) is 4.23. The molecule has 0 fully saturated rings. The molecule has 0 bridgehead atoms. The van der Waals surface area contributed by atoms with Gasteiger partial charge in [0, 0.05) is 22.9 Å². The summed E-state index contributed by atoms with van der Waals surface area (Å²) in [5.41, 5.74) is 10.4. The van der Waals surface area contributed by atoms with E-state index in [9.17, 15) is 0 Å². The molecule has 1 heterocycles. The summed E-state index contributed by atoms with van der Waals surface area (Å²) in [6, 6.07) is 10.8. The summed E-state index contributed by atoms with van der Waals surface area (Å²) < 4.78 is 1.04. The maximum atomic E-state index is 6.44. The van der Waals surface area contributed by atoms with Crippen LogP contribution in [-0.4, -0.2) is 4.98 Å². The summed E-state index contributed by atoms with van der Waals surface area (Å²) in [6.07, 6.45) is 7.06. The highest BCUT2D eigenvalue weighted by Crippen LogP contribution is 2.34. The number of halogens is 1. The van der Waals surface area contributed by atoms with Crippen LogP contribution < -0.4 is 5.73 Å². The third-order valence-corrected chi connectivity index (χ3v) is 4.40. The molecule has 2 atom stereocenters. The minimum absolute atomic E-state index is 0.143. The quantitative estimate of drug-likeness (QED) is 0.918. The van der Waals surface area contributed by atoms with Gasteiger partial charge < -0.3 is 5.73 Å². The summed E-state index contributed by atoms with van der Waals surface area (Å²) in [5, 5.41) is 0. The highest BCUT2D eigenvalue weighted by molar-refractivity contribution is 9.10. The van der Waals surface area contributed by atoms with E-state index < -0.39 is 0 Å². The van der Waals surface area contributed by atoms with Crippen molar-refractivity contribution in [2.24, 2.45) is 11.7 Å². The molecule has 0 radical (unpaired) electrons. The van der Waals surface area contributed by atoms with Gasteiger partial charge in [0.05, 0.1) is 0 Å². The van der Waals surface area contributed by atoms with Crippen molar-refractivity contribution in [1.82, 2.24) is 4.98 Å². The Hall–Kier alpha value is -1.19. The number of aryl methyl sites for hydroxylation is 1. The molecule has 2 unspecified atom stereocenters. The van der Waals surface area contributed by atoms with Crippen molar-refractivity contribution in [1.29, 1.82) is 0 Å². The second-order valence-corrected chi connectivity index (χ2v) is 6.15. The standard InChI is InChI=1S/C16H17BrN2/c17-14-8-11(9-19-10-14)7-13-6-5-12-3-1-2-4-15(12)16(13)18/h1-4,8-10,13,16H,5-7,18H2. The number of hydrogen-bond donors (Lipinski definition) is 1. The van der Waals surface area contributed by atoms with Crippen LogP contribution in [0, 0.1) is 5.92 Å². The zero-order chi connectivity index (χ0) is 13.2. The Labute approximate surface area is 122 Å². The van der Waals surface area contributed by atoms with Gasteiger partial charge >= 0.3 is 0 Å². The Morgan fingerprint density at radius 2 is 2.11 bits per heavy atom. The molecule has 0 saturated carbocycles. The highest BCUT2D eigenvalue weighted by atomic mass is 79.9. The zero-order valence-electron chi connectivity index (χ0n) is 10.7. The van der Waals surface area contributed by atoms with E-state index in [-0.39, 0.29) is 6.04 Å². The van der Waals surface area contributed by atoms with Crippen LogP contribution in [0.25, 0.3) is 0 Å². The smallest absolute Gasteiger partial charge is 0.0410 e. The molecule has 2 N–H and O–H groups in total. The van der Waals surface area contributed by atoms with Gasteiger partial charge in [0.15, 0.2) is 0 Å². The van der Waals surface area contributed by atoms with Gasteiger partial charge in [-0.05, 0) is 63.9 Å². The van der Waals surface area contributed by atoms with E-state index in [1.165, 1.54) is 16.7 Å². The van der Waals surface area contributed by atoms with Gasteiger partial charge in [0.25, 0.3) is 0 Å². The van der Waals surface area contributed by atoms with Crippen molar-refractivity contribution in [3.05, 3.63) is 63.9 Å². The molecule has 1 aromatic heterocycles. The molecule has 0 amide bonds. The molecule has 0 spiro atoms. The first kappa shape index (κ1) is 12.8. The van der Waals surface area contributed by atoms with Gasteiger partial charge in [-0.3, -0.25) is 4.98 Å². The first-order chi connectivity index (χ1) is 9.24. The number of benzene rings is 1. The van der Waals surface area contributed by atoms with Crippen LogP contribution in [0.5, 0.6) is 0 Å². The zero-order valence-corrected chi connectivity index (χ0v) is 12.3. The van der Waals surface area contributed by atoms with Crippen molar-refractivity contribution in [2.75, 3.05) is 0 Å². The fourth-order valence-electron chi connectivity index (χ4n) is 2.96. The minimum atomic E-state index is 0.143. The molecule has 2 aromatic rings. The van der Waals surface area contributed by atoms with Crippen molar-refractivity contribution in [3.8, 4) is 0 Å². The van der Waals surface area contributed by atoms with E-state index >= 15 is 0 Å². The number of nitrogens with zero attached hydrogens (tertiary/aromatic N) is 1. The van der Waals surface area contributed by atoms with Crippen LogP contribution in [0.2, 0.25) is 0 Å². The van der Waals surface area contributed by atoms with Gasteiger partial charge in [-0.25, -0.2) is 0 Å². The van der Waals surface area contributed by atoms with Gasteiger partial charge in [0.1, 0.15) is 0 Å². The third kappa shape index (κ3) is 2.72. The molecule has 1 aliphatic carbocycles. The number of pyridine rings is 1. The van der Waals surface area contributed by atoms with Crippen molar-refractivity contribution < 1.29 is 0 Å². The average Bonchev–Trinajstić information content (AvgIpc) is 2.42. The molecule has 19 heavy (non-hydrogen) atoms. The largest absolute Gasteiger partial charge is 0.324 e. The maximum absolute atomic E-state index is 6.44. The van der Waals surface area contributed by atoms with Crippen LogP contribution in [0.1, 0.15) is 29.2 Å². The Morgan fingerprint density at radius 3 is 2.95 bits per heavy atom. The topological polar surface area (TPSA) is 38.9 Å². The second-order valence-electron chi connectivity index (χ2n) is 5.24. The van der Waals surface area contributed by atoms with E-state index in [2.05, 4.69) is 51.2 Å². The van der Waals surface area contributed by atoms with Crippen molar-refractivity contribution in [2.45, 2.75) is 25.3 Å². The van der Waals surface area contributed by atoms with E-state index in [0.717, 1.165) is 23.7 Å². The third-order valence-electron chi connectivity index (χ3n) is 3.97. The van der Waals surface area contributed by atoms with Crippen LogP contribution in [-0.2, 0) is 12.8 Å². The van der Waals surface area contributed by atoms with E-state index in [1.54, 1.807) is 0 Å². The van der Waals surface area contributed by atoms with E-state index in [0.29, 0.717) is 5.92 Å². The SMILES string of the molecule is NC1c2ccccc2CCC1Cc1cncc(Br)c1. The molecule has 1 aromatic carbocycles. The number of aromatic nitrogens is 1. The van der Waals surface area contributed by atoms with Gasteiger partial charge in [-0.2, -0.15) is 0 Å². The van der Waals surface area contributed by atoms with Crippen molar-refractivity contribution >= 4 is 15.9 Å². The van der Waals surface area contributed by atoms with Gasteiger partial charge in [0.2, 0.25) is 0 Å². The van der Waals surface area contributed by atoms with Gasteiger partial charge in [-0.15, -0.1) is 0 Å². The summed E-state index contributed by atoms with van der Waals surface area (Å²) >= 11 is 3.47. The average molecular weight is 317 g/mol. The predicted molar refractivity (Wildman–Crippen MR) is 80.8 cm³/mol. The van der Waals surface area contributed by atoms with E-state index in [4.69, 9.17) is 5.73 Å². The van der Waals surface area contributed by atoms with Gasteiger partial charge in [-0.1, -0.05) is 24.3 Å². The molecular formula is C16H17BrN2. The molecule has 3 rings (SSSR count). The summed E-state index contributed by atoms with van der Waals surface area (Å²) in [5.74, 6) is 0.506. The lowest BCUT2D eigenvalue weighted by Crippen LogP contribution is -2.28. The number of hydrogen-bond acceptors (Lipinski definition) is 2. The molecule has 98 valence electrons. The fraction of sp³-hybridized carbons (Fsp3) is 0.312. The lowest BCUT2D eigenvalue weighted by atomic mass is 9.77. The Kier molecular flexibility index (Phi) is 3.67. The molecule has 0 aliphatic heterocycles. The minimum Gasteiger partial charge on any atom is -0.324 e. The van der Waals surface area contributed by atoms with Crippen LogP contribution in [0.4, 0.5) is 0 Å². The number of rotatable bonds is 2. The Balaban J connectivity index is 1.81. The lowest BCUT2D eigenvalue weighted by Gasteiger charge is -2.31. The summed E-state index contributed by atoms with van der Waals surface area (Å²) in [6.45, 7) is 0. The first-order valence-electron chi connectivity index (χ1n) is 6.67. The molecular weight excluding hydrogens is 300 g/mol. The molecule has 1 aliphatic rings. The normalized spacial score (nSPS) is 22.0.